The van der Waals surface area contributed by atoms with E-state index in [4.69, 9.17) is 16.2 Å². The van der Waals surface area contributed by atoms with Gasteiger partial charge in [0.2, 0.25) is 0 Å². The minimum atomic E-state index is 0.189. The summed E-state index contributed by atoms with van der Waals surface area (Å²) in [5.74, 6) is 0.464. The normalized spacial score (nSPS) is 13.0. The van der Waals surface area contributed by atoms with Crippen LogP contribution in [0.5, 0.6) is 0 Å². The van der Waals surface area contributed by atoms with E-state index >= 15 is 0 Å². The van der Waals surface area contributed by atoms with Crippen LogP contribution < -0.4 is 11.5 Å². The number of imidazole rings is 1. The molecule has 122 valence electrons. The number of rotatable bonds is 7. The highest BCUT2D eigenvalue weighted by Crippen LogP contribution is 2.30. The molecule has 6 nitrogen and oxygen atoms in total. The van der Waals surface area contributed by atoms with Crippen LogP contribution in [0.2, 0.25) is 0 Å². The van der Waals surface area contributed by atoms with Gasteiger partial charge >= 0.3 is 0 Å². The van der Waals surface area contributed by atoms with Crippen molar-refractivity contribution in [3.05, 3.63) is 30.6 Å². The summed E-state index contributed by atoms with van der Waals surface area (Å²) < 4.78 is 7.84. The van der Waals surface area contributed by atoms with Crippen LogP contribution in [0.3, 0.4) is 0 Å². The molecule has 2 heterocycles. The number of hydrogen-bond acceptors (Lipinski definition) is 5. The molecule has 0 radical (unpaired) electrons. The van der Waals surface area contributed by atoms with Crippen molar-refractivity contribution in [2.24, 2.45) is 5.73 Å². The standard InChI is InChI=1S/C17H23N5O/c1-2-23-10-12(6-5-9-18)22-11-20-15-16(22)13-7-3-4-8-14(13)21-17(15)19/h3-4,7-8,11-12H,2,5-6,9-10,18H2,1H3,(H2,19,21)/t12-/m0/s1. The third-order valence-corrected chi connectivity index (χ3v) is 4.09. The number of pyridine rings is 1. The van der Waals surface area contributed by atoms with Crippen LogP contribution in [0, 0.1) is 0 Å². The van der Waals surface area contributed by atoms with E-state index in [1.807, 2.05) is 31.5 Å². The maximum atomic E-state index is 6.10. The number of hydrogen-bond donors (Lipinski definition) is 2. The fourth-order valence-corrected chi connectivity index (χ4v) is 2.96. The van der Waals surface area contributed by atoms with E-state index in [9.17, 15) is 0 Å². The number of nitrogens with two attached hydrogens (primary N) is 2. The highest BCUT2D eigenvalue weighted by atomic mass is 16.5. The molecule has 1 aromatic carbocycles. The van der Waals surface area contributed by atoms with Crippen LogP contribution in [0.4, 0.5) is 5.82 Å². The van der Waals surface area contributed by atoms with Gasteiger partial charge in [-0.1, -0.05) is 18.2 Å². The molecule has 0 aliphatic carbocycles. The van der Waals surface area contributed by atoms with Gasteiger partial charge in [0.25, 0.3) is 0 Å². The molecule has 0 saturated heterocycles. The quantitative estimate of drug-likeness (QED) is 0.699. The average Bonchev–Trinajstić information content (AvgIpc) is 3.01. The number of nitrogens with zero attached hydrogens (tertiary/aromatic N) is 3. The monoisotopic (exact) mass is 313 g/mol. The zero-order valence-electron chi connectivity index (χ0n) is 13.4. The fraction of sp³-hybridized carbons (Fsp3) is 0.412. The van der Waals surface area contributed by atoms with E-state index in [-0.39, 0.29) is 6.04 Å². The molecule has 3 aromatic rings. The second-order valence-corrected chi connectivity index (χ2v) is 5.61. The van der Waals surface area contributed by atoms with Crippen molar-refractivity contribution in [2.75, 3.05) is 25.5 Å². The predicted octanol–water partition coefficient (Wildman–Crippen LogP) is 2.48. The Bertz CT molecular complexity index is 790. The first-order valence-electron chi connectivity index (χ1n) is 8.04. The smallest absolute Gasteiger partial charge is 0.152 e. The Morgan fingerprint density at radius 3 is 2.91 bits per heavy atom. The molecular formula is C17H23N5O. The van der Waals surface area contributed by atoms with Crippen molar-refractivity contribution < 1.29 is 4.74 Å². The van der Waals surface area contributed by atoms with Crippen LogP contribution in [0.25, 0.3) is 21.9 Å². The van der Waals surface area contributed by atoms with Crippen molar-refractivity contribution in [3.8, 4) is 0 Å². The highest BCUT2D eigenvalue weighted by Gasteiger charge is 2.18. The van der Waals surface area contributed by atoms with E-state index < -0.39 is 0 Å². The van der Waals surface area contributed by atoms with Gasteiger partial charge in [0.05, 0.1) is 30.0 Å². The fourth-order valence-electron chi connectivity index (χ4n) is 2.96. The second-order valence-electron chi connectivity index (χ2n) is 5.61. The van der Waals surface area contributed by atoms with Gasteiger partial charge in [-0.3, -0.25) is 0 Å². The van der Waals surface area contributed by atoms with E-state index in [1.54, 1.807) is 0 Å². The van der Waals surface area contributed by atoms with Gasteiger partial charge in [0.15, 0.2) is 5.82 Å². The van der Waals surface area contributed by atoms with Crippen LogP contribution in [0.15, 0.2) is 30.6 Å². The number of anilines is 1. The Balaban J connectivity index is 2.15. The van der Waals surface area contributed by atoms with Gasteiger partial charge in [-0.25, -0.2) is 9.97 Å². The number of aromatic nitrogens is 3. The SMILES string of the molecule is CCOC[C@H](CCCN)n1cnc2c(N)nc3ccccc3c21. The maximum absolute atomic E-state index is 6.10. The first-order chi connectivity index (χ1) is 11.3. The summed E-state index contributed by atoms with van der Waals surface area (Å²) in [4.78, 5) is 8.95. The van der Waals surface area contributed by atoms with Crippen molar-refractivity contribution >= 4 is 27.8 Å². The summed E-state index contributed by atoms with van der Waals surface area (Å²) in [7, 11) is 0. The summed E-state index contributed by atoms with van der Waals surface area (Å²) in [6, 6.07) is 8.19. The van der Waals surface area contributed by atoms with Gasteiger partial charge in [-0.05, 0) is 32.4 Å². The summed E-state index contributed by atoms with van der Waals surface area (Å²) in [5.41, 5.74) is 14.4. The Morgan fingerprint density at radius 1 is 1.30 bits per heavy atom. The molecular weight excluding hydrogens is 290 g/mol. The van der Waals surface area contributed by atoms with Gasteiger partial charge < -0.3 is 20.8 Å². The topological polar surface area (TPSA) is 92.0 Å². The van der Waals surface area contributed by atoms with Gasteiger partial charge in [-0.15, -0.1) is 0 Å². The minimum absolute atomic E-state index is 0.189. The molecule has 0 unspecified atom stereocenters. The van der Waals surface area contributed by atoms with E-state index in [0.717, 1.165) is 34.8 Å². The van der Waals surface area contributed by atoms with E-state index in [1.165, 1.54) is 0 Å². The molecule has 0 aliphatic rings. The highest BCUT2D eigenvalue weighted by molar-refractivity contribution is 6.06. The van der Waals surface area contributed by atoms with Crippen molar-refractivity contribution in [3.63, 3.8) is 0 Å². The molecule has 0 amide bonds. The van der Waals surface area contributed by atoms with Crippen LogP contribution in [-0.2, 0) is 4.74 Å². The molecule has 23 heavy (non-hydrogen) atoms. The molecule has 3 rings (SSSR count). The van der Waals surface area contributed by atoms with E-state index in [2.05, 4.69) is 20.6 Å². The summed E-state index contributed by atoms with van der Waals surface area (Å²) in [6.45, 7) is 4.00. The van der Waals surface area contributed by atoms with Crippen LogP contribution in [0.1, 0.15) is 25.8 Å². The van der Waals surface area contributed by atoms with Gasteiger partial charge in [0.1, 0.15) is 5.52 Å². The number of benzene rings is 1. The molecule has 2 aromatic heterocycles. The predicted molar refractivity (Wildman–Crippen MR) is 93.3 cm³/mol. The van der Waals surface area contributed by atoms with Gasteiger partial charge in [-0.2, -0.15) is 0 Å². The number of fused-ring (bicyclic) bond motifs is 3. The lowest BCUT2D eigenvalue weighted by atomic mass is 10.1. The zero-order valence-corrected chi connectivity index (χ0v) is 13.4. The summed E-state index contributed by atoms with van der Waals surface area (Å²) >= 11 is 0. The Hall–Kier alpha value is -2.18. The third-order valence-electron chi connectivity index (χ3n) is 4.09. The summed E-state index contributed by atoms with van der Waals surface area (Å²) in [6.07, 6.45) is 3.73. The maximum Gasteiger partial charge on any atom is 0.152 e. The molecule has 4 N–H and O–H groups in total. The van der Waals surface area contributed by atoms with Crippen molar-refractivity contribution in [1.29, 1.82) is 0 Å². The first-order valence-corrected chi connectivity index (χ1v) is 8.04. The van der Waals surface area contributed by atoms with Crippen molar-refractivity contribution in [1.82, 2.24) is 14.5 Å². The largest absolute Gasteiger partial charge is 0.382 e. The Morgan fingerprint density at radius 2 is 2.13 bits per heavy atom. The average molecular weight is 313 g/mol. The minimum Gasteiger partial charge on any atom is -0.382 e. The van der Waals surface area contributed by atoms with Crippen LogP contribution >= 0.6 is 0 Å². The first kappa shape index (κ1) is 15.7. The lowest BCUT2D eigenvalue weighted by molar-refractivity contribution is 0.111. The third kappa shape index (κ3) is 3.00. The van der Waals surface area contributed by atoms with Crippen LogP contribution in [-0.4, -0.2) is 34.3 Å². The molecule has 6 heteroatoms. The molecule has 0 bridgehead atoms. The number of para-hydroxylation sites is 1. The molecule has 0 spiro atoms. The Kier molecular flexibility index (Phi) is 4.73. The van der Waals surface area contributed by atoms with E-state index in [0.29, 0.717) is 25.6 Å². The lowest BCUT2D eigenvalue weighted by Gasteiger charge is -2.20. The Labute approximate surface area is 135 Å². The zero-order chi connectivity index (χ0) is 16.2. The lowest BCUT2D eigenvalue weighted by Crippen LogP contribution is -2.16. The molecule has 0 saturated carbocycles. The molecule has 0 fully saturated rings. The number of nitrogen functional groups attached to an aromatic ring is 1. The summed E-state index contributed by atoms with van der Waals surface area (Å²) in [5, 5.41) is 1.06. The second kappa shape index (κ2) is 6.93. The van der Waals surface area contributed by atoms with Gasteiger partial charge in [0, 0.05) is 12.0 Å². The van der Waals surface area contributed by atoms with Crippen molar-refractivity contribution in [2.45, 2.75) is 25.8 Å². The number of ether oxygens (including phenoxy) is 1. The molecule has 0 aliphatic heterocycles. The molecule has 1 atom stereocenters.